The smallest absolute Gasteiger partial charge is 0.226 e. The van der Waals surface area contributed by atoms with Crippen molar-refractivity contribution in [3.05, 3.63) is 0 Å². The van der Waals surface area contributed by atoms with E-state index in [4.69, 9.17) is 10.8 Å². The lowest BCUT2D eigenvalue weighted by Gasteiger charge is -2.23. The van der Waals surface area contributed by atoms with Gasteiger partial charge in [0.25, 0.3) is 0 Å². The maximum absolute atomic E-state index is 11.7. The van der Waals surface area contributed by atoms with Gasteiger partial charge in [-0.3, -0.25) is 4.79 Å². The minimum Gasteiger partial charge on any atom is -0.393 e. The van der Waals surface area contributed by atoms with Crippen molar-refractivity contribution in [1.29, 1.82) is 0 Å². The molecule has 0 aromatic rings. The number of hydrogen-bond acceptors (Lipinski definition) is 3. The summed E-state index contributed by atoms with van der Waals surface area (Å²) >= 11 is 0. The fourth-order valence-corrected chi connectivity index (χ4v) is 1.06. The molecule has 5 heteroatoms. The van der Waals surface area contributed by atoms with Crippen LogP contribution in [0.4, 0.5) is 0 Å². The molecule has 1 amide bonds. The largest absolute Gasteiger partial charge is 0.393 e. The average molecular weight is 239 g/mol. The lowest BCUT2D eigenvalue weighted by Crippen LogP contribution is -2.40. The number of hydrogen-bond donors (Lipinski definition) is 2. The second-order valence-corrected chi connectivity index (χ2v) is 4.05. The van der Waals surface area contributed by atoms with E-state index in [1.165, 1.54) is 0 Å². The number of amides is 1. The van der Waals surface area contributed by atoms with Gasteiger partial charge in [0.1, 0.15) is 0 Å². The van der Waals surface area contributed by atoms with Gasteiger partial charge in [0.15, 0.2) is 0 Å². The summed E-state index contributed by atoms with van der Waals surface area (Å²) < 4.78 is 0. The Labute approximate surface area is 98.2 Å². The van der Waals surface area contributed by atoms with Crippen LogP contribution < -0.4 is 5.73 Å². The van der Waals surface area contributed by atoms with Gasteiger partial charge in [0, 0.05) is 19.6 Å². The second-order valence-electron chi connectivity index (χ2n) is 4.05. The molecule has 3 atom stereocenters. The maximum Gasteiger partial charge on any atom is 0.226 e. The molecule has 4 nitrogen and oxygen atoms in total. The van der Waals surface area contributed by atoms with Gasteiger partial charge in [-0.05, 0) is 20.3 Å². The number of aliphatic hydroxyl groups excluding tert-OH is 1. The molecule has 0 aliphatic heterocycles. The summed E-state index contributed by atoms with van der Waals surface area (Å²) in [5.74, 6) is -0.116. The molecule has 3 unspecified atom stereocenters. The van der Waals surface area contributed by atoms with Gasteiger partial charge in [0.2, 0.25) is 5.91 Å². The van der Waals surface area contributed by atoms with Crippen molar-refractivity contribution in [2.24, 2.45) is 11.7 Å². The van der Waals surface area contributed by atoms with E-state index in [-0.39, 0.29) is 36.4 Å². The maximum atomic E-state index is 11.7. The zero-order valence-electron chi connectivity index (χ0n) is 9.93. The first kappa shape index (κ1) is 17.1. The van der Waals surface area contributed by atoms with Crippen molar-refractivity contribution in [3.63, 3.8) is 0 Å². The van der Waals surface area contributed by atoms with E-state index in [0.29, 0.717) is 13.0 Å². The van der Waals surface area contributed by atoms with Crippen LogP contribution in [0.15, 0.2) is 0 Å². The van der Waals surface area contributed by atoms with E-state index in [9.17, 15) is 4.79 Å². The molecule has 0 heterocycles. The van der Waals surface area contributed by atoms with Gasteiger partial charge in [-0.1, -0.05) is 6.92 Å². The van der Waals surface area contributed by atoms with Gasteiger partial charge in [-0.25, -0.2) is 0 Å². The minimum atomic E-state index is -0.365. The molecule has 15 heavy (non-hydrogen) atoms. The summed E-state index contributed by atoms with van der Waals surface area (Å²) in [5, 5.41) is 9.07. The topological polar surface area (TPSA) is 66.6 Å². The predicted molar refractivity (Wildman–Crippen MR) is 64.0 cm³/mol. The number of rotatable bonds is 5. The third kappa shape index (κ3) is 6.71. The van der Waals surface area contributed by atoms with E-state index in [1.807, 2.05) is 13.8 Å². The van der Waals surface area contributed by atoms with Crippen molar-refractivity contribution in [2.45, 2.75) is 39.3 Å². The number of aliphatic hydroxyl groups is 1. The number of halogens is 1. The van der Waals surface area contributed by atoms with Crippen LogP contribution in [-0.2, 0) is 4.79 Å². The molecule has 0 radical (unpaired) electrons. The molecule has 0 rings (SSSR count). The van der Waals surface area contributed by atoms with Gasteiger partial charge >= 0.3 is 0 Å². The normalized spacial score (nSPS) is 16.1. The van der Waals surface area contributed by atoms with Crippen LogP contribution in [0.25, 0.3) is 0 Å². The van der Waals surface area contributed by atoms with Crippen LogP contribution >= 0.6 is 12.4 Å². The van der Waals surface area contributed by atoms with Crippen molar-refractivity contribution in [2.75, 3.05) is 13.6 Å². The highest BCUT2D eigenvalue weighted by molar-refractivity contribution is 5.85. The van der Waals surface area contributed by atoms with Crippen molar-refractivity contribution in [1.82, 2.24) is 4.90 Å². The molecule has 0 fully saturated rings. The van der Waals surface area contributed by atoms with E-state index >= 15 is 0 Å². The molecular weight excluding hydrogens is 216 g/mol. The number of carbonyl (C=O) groups is 1. The van der Waals surface area contributed by atoms with Gasteiger partial charge in [-0.2, -0.15) is 0 Å². The molecule has 0 aromatic heterocycles. The Kier molecular flexibility index (Phi) is 9.01. The first-order valence-corrected chi connectivity index (χ1v) is 5.05. The molecule has 0 bridgehead atoms. The third-order valence-electron chi connectivity index (χ3n) is 2.44. The monoisotopic (exact) mass is 238 g/mol. The van der Waals surface area contributed by atoms with Gasteiger partial charge in [-0.15, -0.1) is 12.4 Å². The van der Waals surface area contributed by atoms with E-state index < -0.39 is 0 Å². The van der Waals surface area contributed by atoms with Crippen LogP contribution in [-0.4, -0.2) is 41.7 Å². The Bertz CT molecular complexity index is 186. The SMILES string of the molecule is CC(O)CCN(C)C(=O)C(C)C(C)N.Cl. The summed E-state index contributed by atoms with van der Waals surface area (Å²) in [4.78, 5) is 13.3. The second kappa shape index (κ2) is 7.91. The van der Waals surface area contributed by atoms with Crippen molar-refractivity contribution < 1.29 is 9.90 Å². The first-order valence-electron chi connectivity index (χ1n) is 5.05. The quantitative estimate of drug-likeness (QED) is 0.738. The third-order valence-corrected chi connectivity index (χ3v) is 2.44. The Hall–Kier alpha value is -0.320. The Morgan fingerprint density at radius 3 is 2.20 bits per heavy atom. The predicted octanol–water partition coefficient (Wildman–Crippen LogP) is 0.621. The highest BCUT2D eigenvalue weighted by Crippen LogP contribution is 2.05. The van der Waals surface area contributed by atoms with Crippen LogP contribution in [0.5, 0.6) is 0 Å². The summed E-state index contributed by atoms with van der Waals surface area (Å²) in [6.07, 6.45) is 0.240. The van der Waals surface area contributed by atoms with Crippen LogP contribution in [0, 0.1) is 5.92 Å². The van der Waals surface area contributed by atoms with E-state index in [2.05, 4.69) is 0 Å². The van der Waals surface area contributed by atoms with Gasteiger partial charge in [0.05, 0.1) is 12.0 Å². The van der Waals surface area contributed by atoms with Crippen LogP contribution in [0.3, 0.4) is 0 Å². The summed E-state index contributed by atoms with van der Waals surface area (Å²) in [7, 11) is 1.74. The number of nitrogens with zero attached hydrogens (tertiary/aromatic N) is 1. The number of nitrogens with two attached hydrogens (primary N) is 1. The van der Waals surface area contributed by atoms with E-state index in [1.54, 1.807) is 18.9 Å². The fourth-order valence-electron chi connectivity index (χ4n) is 1.06. The number of carbonyl (C=O) groups excluding carboxylic acids is 1. The van der Waals surface area contributed by atoms with Crippen LogP contribution in [0.2, 0.25) is 0 Å². The summed E-state index contributed by atoms with van der Waals surface area (Å²) in [6, 6.07) is -0.128. The first-order chi connectivity index (χ1) is 6.36. The van der Waals surface area contributed by atoms with E-state index in [0.717, 1.165) is 0 Å². The molecule has 0 saturated heterocycles. The lowest BCUT2D eigenvalue weighted by atomic mass is 10.0. The molecule has 0 aromatic carbocycles. The van der Waals surface area contributed by atoms with Crippen molar-refractivity contribution in [3.8, 4) is 0 Å². The summed E-state index contributed by atoms with van der Waals surface area (Å²) in [6.45, 7) is 5.94. The molecule has 92 valence electrons. The lowest BCUT2D eigenvalue weighted by molar-refractivity contribution is -0.134. The fraction of sp³-hybridized carbons (Fsp3) is 0.900. The van der Waals surface area contributed by atoms with Crippen molar-refractivity contribution >= 4 is 18.3 Å². The zero-order valence-corrected chi connectivity index (χ0v) is 10.8. The zero-order chi connectivity index (χ0) is 11.3. The Morgan fingerprint density at radius 2 is 1.87 bits per heavy atom. The molecular formula is C10H23ClN2O2. The Morgan fingerprint density at radius 1 is 1.40 bits per heavy atom. The van der Waals surface area contributed by atoms with Gasteiger partial charge < -0.3 is 15.7 Å². The molecule has 0 aliphatic rings. The van der Waals surface area contributed by atoms with Crippen LogP contribution in [0.1, 0.15) is 27.2 Å². The standard InChI is InChI=1S/C10H22N2O2.ClH/c1-7(13)5-6-12(4)10(14)8(2)9(3)11;/h7-9,13H,5-6,11H2,1-4H3;1H. The molecule has 0 aliphatic carbocycles. The minimum absolute atomic E-state index is 0. The molecule has 0 spiro atoms. The molecule has 0 saturated carbocycles. The summed E-state index contributed by atoms with van der Waals surface area (Å²) in [5.41, 5.74) is 5.63. The Balaban J connectivity index is 0. The molecule has 3 N–H and O–H groups in total. The highest BCUT2D eigenvalue weighted by Gasteiger charge is 2.20. The average Bonchev–Trinajstić information content (AvgIpc) is 2.11. The highest BCUT2D eigenvalue weighted by atomic mass is 35.5.